The van der Waals surface area contributed by atoms with E-state index in [1.54, 1.807) is 30.3 Å². The van der Waals surface area contributed by atoms with Crippen LogP contribution in [0.25, 0.3) is 0 Å². The molecule has 134 valence electrons. The van der Waals surface area contributed by atoms with Gasteiger partial charge in [0.25, 0.3) is 5.91 Å². The Kier molecular flexibility index (Phi) is 5.44. The lowest BCUT2D eigenvalue weighted by Crippen LogP contribution is -2.26. The van der Waals surface area contributed by atoms with Crippen LogP contribution < -0.4 is 10.6 Å². The van der Waals surface area contributed by atoms with Crippen molar-refractivity contribution in [3.05, 3.63) is 59.2 Å². The zero-order chi connectivity index (χ0) is 18.5. The van der Waals surface area contributed by atoms with Crippen molar-refractivity contribution in [3.63, 3.8) is 0 Å². The smallest absolute Gasteiger partial charge is 0.253 e. The van der Waals surface area contributed by atoms with Gasteiger partial charge in [-0.15, -0.1) is 0 Å². The third kappa shape index (κ3) is 4.16. The minimum atomic E-state index is -0.829. The summed E-state index contributed by atoms with van der Waals surface area (Å²) >= 11 is 0. The summed E-state index contributed by atoms with van der Waals surface area (Å²) in [4.78, 5) is 12.1. The van der Waals surface area contributed by atoms with E-state index >= 15 is 0 Å². The van der Waals surface area contributed by atoms with Crippen molar-refractivity contribution >= 4 is 17.3 Å². The van der Waals surface area contributed by atoms with E-state index in [-0.39, 0.29) is 23.7 Å². The van der Waals surface area contributed by atoms with E-state index in [9.17, 15) is 13.6 Å². The first-order chi connectivity index (χ1) is 12.6. The van der Waals surface area contributed by atoms with Crippen LogP contribution in [0.15, 0.2) is 36.4 Å². The van der Waals surface area contributed by atoms with E-state index in [0.717, 1.165) is 24.1 Å². The van der Waals surface area contributed by atoms with Gasteiger partial charge in [0, 0.05) is 18.8 Å². The quantitative estimate of drug-likeness (QED) is 0.858. The van der Waals surface area contributed by atoms with Crippen molar-refractivity contribution in [2.24, 2.45) is 0 Å². The lowest BCUT2D eigenvalue weighted by atomic mass is 10.1. The van der Waals surface area contributed by atoms with Gasteiger partial charge in [-0.25, -0.2) is 8.78 Å². The van der Waals surface area contributed by atoms with Crippen LogP contribution in [0.2, 0.25) is 0 Å². The standard InChI is InChI=1S/C19H17F2N3O2/c20-15-8-13(10-22)9-16(21)18(15)23-11-12-3-1-4-14(7-12)24-19(25)17-5-2-6-26-17/h1,3-4,7-9,17,23H,2,5-6,11H2,(H,24,25). The third-order valence-corrected chi connectivity index (χ3v) is 4.06. The molecule has 0 aromatic heterocycles. The summed E-state index contributed by atoms with van der Waals surface area (Å²) in [5.74, 6) is -1.86. The SMILES string of the molecule is N#Cc1cc(F)c(NCc2cccc(NC(=O)C3CCCO3)c2)c(F)c1. The number of hydrogen-bond donors (Lipinski definition) is 2. The first-order valence-electron chi connectivity index (χ1n) is 8.21. The van der Waals surface area contributed by atoms with Crippen molar-refractivity contribution in [3.8, 4) is 6.07 Å². The summed E-state index contributed by atoms with van der Waals surface area (Å²) in [6.45, 7) is 0.743. The molecule has 2 aromatic rings. The number of amides is 1. The Bertz CT molecular complexity index is 835. The van der Waals surface area contributed by atoms with Gasteiger partial charge in [-0.1, -0.05) is 12.1 Å². The molecule has 26 heavy (non-hydrogen) atoms. The molecule has 1 atom stereocenters. The Morgan fingerprint density at radius 2 is 2.04 bits per heavy atom. The highest BCUT2D eigenvalue weighted by atomic mass is 19.1. The van der Waals surface area contributed by atoms with Crippen LogP contribution in [0, 0.1) is 23.0 Å². The highest BCUT2D eigenvalue weighted by Gasteiger charge is 2.23. The molecule has 7 heteroatoms. The van der Waals surface area contributed by atoms with E-state index in [1.165, 1.54) is 0 Å². The molecule has 0 spiro atoms. The van der Waals surface area contributed by atoms with Crippen molar-refractivity contribution in [2.45, 2.75) is 25.5 Å². The van der Waals surface area contributed by atoms with Crippen LogP contribution in [0.5, 0.6) is 0 Å². The summed E-state index contributed by atoms with van der Waals surface area (Å²) in [5, 5.41) is 14.2. The number of benzene rings is 2. The number of carbonyl (C=O) groups is 1. The van der Waals surface area contributed by atoms with Gasteiger partial charge in [0.1, 0.15) is 11.8 Å². The molecule has 2 N–H and O–H groups in total. The van der Waals surface area contributed by atoms with Crippen LogP contribution in [0.4, 0.5) is 20.2 Å². The van der Waals surface area contributed by atoms with E-state index in [1.807, 2.05) is 0 Å². The number of nitriles is 1. The Balaban J connectivity index is 1.66. The van der Waals surface area contributed by atoms with Gasteiger partial charge in [0.05, 0.1) is 11.6 Å². The van der Waals surface area contributed by atoms with E-state index in [4.69, 9.17) is 10.00 Å². The van der Waals surface area contributed by atoms with Crippen molar-refractivity contribution in [2.75, 3.05) is 17.2 Å². The lowest BCUT2D eigenvalue weighted by molar-refractivity contribution is -0.124. The summed E-state index contributed by atoms with van der Waals surface area (Å²) in [7, 11) is 0. The van der Waals surface area contributed by atoms with Gasteiger partial charge in [-0.2, -0.15) is 5.26 Å². The van der Waals surface area contributed by atoms with Crippen LogP contribution in [0.1, 0.15) is 24.0 Å². The maximum absolute atomic E-state index is 13.9. The van der Waals surface area contributed by atoms with E-state index < -0.39 is 17.7 Å². The molecule has 1 aliphatic heterocycles. The summed E-state index contributed by atoms with van der Waals surface area (Å²) in [6, 6.07) is 10.6. The van der Waals surface area contributed by atoms with Crippen molar-refractivity contribution < 1.29 is 18.3 Å². The second kappa shape index (κ2) is 7.93. The topological polar surface area (TPSA) is 74.2 Å². The normalized spacial score (nSPS) is 16.1. The predicted octanol–water partition coefficient (Wildman–Crippen LogP) is 3.57. The second-order valence-electron chi connectivity index (χ2n) is 5.97. The molecule has 1 saturated heterocycles. The molecule has 1 amide bonds. The molecule has 2 aromatic carbocycles. The zero-order valence-corrected chi connectivity index (χ0v) is 13.9. The van der Waals surface area contributed by atoms with Crippen LogP contribution in [-0.4, -0.2) is 18.6 Å². The Morgan fingerprint density at radius 1 is 1.27 bits per heavy atom. The first-order valence-corrected chi connectivity index (χ1v) is 8.21. The molecule has 1 unspecified atom stereocenters. The number of ether oxygens (including phenoxy) is 1. The van der Waals surface area contributed by atoms with E-state index in [0.29, 0.717) is 18.7 Å². The highest BCUT2D eigenvalue weighted by Crippen LogP contribution is 2.22. The van der Waals surface area contributed by atoms with Crippen LogP contribution in [0.3, 0.4) is 0 Å². The maximum Gasteiger partial charge on any atom is 0.253 e. The number of hydrogen-bond acceptors (Lipinski definition) is 4. The van der Waals surface area contributed by atoms with Gasteiger partial charge in [-0.3, -0.25) is 4.79 Å². The van der Waals surface area contributed by atoms with Gasteiger partial charge < -0.3 is 15.4 Å². The van der Waals surface area contributed by atoms with Gasteiger partial charge in [-0.05, 0) is 42.7 Å². The fourth-order valence-electron chi connectivity index (χ4n) is 2.76. The first kappa shape index (κ1) is 17.8. The molecule has 1 heterocycles. The average Bonchev–Trinajstić information content (AvgIpc) is 3.16. The molecule has 0 bridgehead atoms. The predicted molar refractivity (Wildman–Crippen MR) is 92.4 cm³/mol. The zero-order valence-electron chi connectivity index (χ0n) is 13.9. The lowest BCUT2D eigenvalue weighted by Gasteiger charge is -2.12. The third-order valence-electron chi connectivity index (χ3n) is 4.06. The molecule has 0 aliphatic carbocycles. The maximum atomic E-state index is 13.9. The second-order valence-corrected chi connectivity index (χ2v) is 5.97. The number of anilines is 2. The average molecular weight is 357 g/mol. The molecule has 3 rings (SSSR count). The molecule has 0 saturated carbocycles. The van der Waals surface area contributed by atoms with Crippen LogP contribution in [-0.2, 0) is 16.1 Å². The number of halogens is 2. The summed E-state index contributed by atoms with van der Waals surface area (Å²) < 4.78 is 33.1. The largest absolute Gasteiger partial charge is 0.376 e. The fourth-order valence-corrected chi connectivity index (χ4v) is 2.76. The Labute approximate surface area is 149 Å². The minimum Gasteiger partial charge on any atom is -0.376 e. The van der Waals surface area contributed by atoms with Gasteiger partial charge in [0.15, 0.2) is 11.6 Å². The van der Waals surface area contributed by atoms with Gasteiger partial charge in [0.2, 0.25) is 0 Å². The molecule has 1 aliphatic rings. The molecular weight excluding hydrogens is 340 g/mol. The molecule has 0 radical (unpaired) electrons. The fraction of sp³-hybridized carbons (Fsp3) is 0.263. The number of nitrogens with zero attached hydrogens (tertiary/aromatic N) is 1. The number of nitrogens with one attached hydrogen (secondary N) is 2. The molecule has 5 nitrogen and oxygen atoms in total. The summed E-state index contributed by atoms with van der Waals surface area (Å²) in [5.41, 5.74) is 0.950. The molecular formula is C19H17F2N3O2. The Hall–Kier alpha value is -2.98. The van der Waals surface area contributed by atoms with Crippen molar-refractivity contribution in [1.29, 1.82) is 5.26 Å². The minimum absolute atomic E-state index is 0.0793. The van der Waals surface area contributed by atoms with E-state index in [2.05, 4.69) is 10.6 Å². The Morgan fingerprint density at radius 3 is 2.69 bits per heavy atom. The molecule has 1 fully saturated rings. The summed E-state index contributed by atoms with van der Waals surface area (Å²) in [6.07, 6.45) is 1.13. The highest BCUT2D eigenvalue weighted by molar-refractivity contribution is 5.94. The monoisotopic (exact) mass is 357 g/mol. The number of rotatable bonds is 5. The number of carbonyl (C=O) groups excluding carboxylic acids is 1. The van der Waals surface area contributed by atoms with Crippen molar-refractivity contribution in [1.82, 2.24) is 0 Å². The van der Waals surface area contributed by atoms with Gasteiger partial charge >= 0.3 is 0 Å². The van der Waals surface area contributed by atoms with Crippen LogP contribution >= 0.6 is 0 Å².